The van der Waals surface area contributed by atoms with Crippen LogP contribution in [0.5, 0.6) is 0 Å². The van der Waals surface area contributed by atoms with Crippen molar-refractivity contribution in [3.05, 3.63) is 35.5 Å². The van der Waals surface area contributed by atoms with Crippen molar-refractivity contribution in [2.24, 2.45) is 28.6 Å². The average molecular weight is 755 g/mol. The van der Waals surface area contributed by atoms with Crippen molar-refractivity contribution in [1.82, 2.24) is 0 Å². The van der Waals surface area contributed by atoms with E-state index >= 15 is 0 Å². The lowest BCUT2D eigenvalue weighted by molar-refractivity contribution is -0.127. The molecule has 0 radical (unpaired) electrons. The van der Waals surface area contributed by atoms with E-state index in [9.17, 15) is 9.90 Å². The largest absolute Gasteiger partial charge is 0.413 e. The number of fused-ring (bicyclic) bond motifs is 1. The van der Waals surface area contributed by atoms with Crippen LogP contribution in [0, 0.1) is 28.6 Å². The molecule has 4 saturated carbocycles. The summed E-state index contributed by atoms with van der Waals surface area (Å²) in [4.78, 5) is 13.6. The van der Waals surface area contributed by atoms with Gasteiger partial charge >= 0.3 is 0 Å². The van der Waals surface area contributed by atoms with Gasteiger partial charge in [0, 0.05) is 18.3 Å². The molecule has 1 N–H and O–H groups in total. The molecular formula is C46H82O4Si2. The standard InChI is InChI=1S/C46H82O4Si2/c1-15-16-17-18-19-27-46(28-29-46)42(48)32-40(47)34(3)38-24-25-39-35(21-20-26-45(38,39)10)22-23-36-30-37(49-51(11,12)43(4,5)6)31-41(33(36)2)50-52(13,14)44(7,8)9/h22-23,34,37-41,47H,2,15-21,24-32H2,1,3-14H3/t34-,37+,38+,39-,40?,41-,45+/m0/s1. The molecule has 1 unspecified atom stereocenters. The molecular weight excluding hydrogens is 673 g/mol. The number of unbranched alkanes of at least 4 members (excludes halogenated alkanes) is 4. The maximum Gasteiger partial charge on any atom is 0.192 e. The predicted octanol–water partition coefficient (Wildman–Crippen LogP) is 13.3. The van der Waals surface area contributed by atoms with E-state index in [0.29, 0.717) is 24.0 Å². The topological polar surface area (TPSA) is 55.8 Å². The lowest BCUT2D eigenvalue weighted by atomic mass is 9.60. The minimum atomic E-state index is -2.02. The quantitative estimate of drug-likeness (QED) is 0.126. The van der Waals surface area contributed by atoms with Crippen LogP contribution in [0.25, 0.3) is 0 Å². The van der Waals surface area contributed by atoms with Crippen molar-refractivity contribution in [2.45, 2.75) is 220 Å². The molecule has 0 amide bonds. The molecule has 4 rings (SSSR count). The number of ketones is 1. The summed E-state index contributed by atoms with van der Waals surface area (Å²) in [7, 11) is -3.98. The van der Waals surface area contributed by atoms with E-state index in [1.165, 1.54) is 50.5 Å². The molecule has 0 saturated heterocycles. The predicted molar refractivity (Wildman–Crippen MR) is 227 cm³/mol. The molecule has 298 valence electrons. The van der Waals surface area contributed by atoms with E-state index in [1.807, 2.05) is 0 Å². The third-order valence-electron chi connectivity index (χ3n) is 15.6. The van der Waals surface area contributed by atoms with Crippen molar-refractivity contribution in [3.8, 4) is 0 Å². The van der Waals surface area contributed by atoms with Gasteiger partial charge in [0.1, 0.15) is 5.78 Å². The van der Waals surface area contributed by atoms with Crippen LogP contribution < -0.4 is 0 Å². The molecule has 0 aromatic carbocycles. The zero-order valence-corrected chi connectivity index (χ0v) is 38.3. The number of carbonyl (C=O) groups is 1. The summed E-state index contributed by atoms with van der Waals surface area (Å²) < 4.78 is 14.2. The molecule has 6 heteroatoms. The highest BCUT2D eigenvalue weighted by Gasteiger charge is 2.53. The minimum Gasteiger partial charge on any atom is -0.413 e. The van der Waals surface area contributed by atoms with E-state index in [1.54, 1.807) is 5.57 Å². The van der Waals surface area contributed by atoms with Gasteiger partial charge in [0.15, 0.2) is 16.6 Å². The molecule has 0 spiro atoms. The zero-order chi connectivity index (χ0) is 38.9. The smallest absolute Gasteiger partial charge is 0.192 e. The van der Waals surface area contributed by atoms with Crippen LogP contribution in [0.1, 0.15) is 165 Å². The normalized spacial score (nSPS) is 31.2. The van der Waals surface area contributed by atoms with Gasteiger partial charge in [-0.15, -0.1) is 0 Å². The van der Waals surface area contributed by atoms with Gasteiger partial charge in [0.05, 0.1) is 18.3 Å². The number of aliphatic hydroxyl groups is 1. The first-order valence-electron chi connectivity index (χ1n) is 21.6. The second-order valence-corrected chi connectivity index (χ2v) is 30.9. The average Bonchev–Trinajstić information content (AvgIpc) is 3.74. The molecule has 4 nitrogen and oxygen atoms in total. The van der Waals surface area contributed by atoms with E-state index in [4.69, 9.17) is 15.4 Å². The van der Waals surface area contributed by atoms with Gasteiger partial charge in [0.25, 0.3) is 0 Å². The van der Waals surface area contributed by atoms with Gasteiger partial charge in [-0.05, 0) is 128 Å². The Kier molecular flexibility index (Phi) is 14.1. The van der Waals surface area contributed by atoms with Crippen LogP contribution in [0.15, 0.2) is 35.5 Å². The summed E-state index contributed by atoms with van der Waals surface area (Å²) in [6.07, 6.45) is 21.8. The number of aliphatic hydroxyl groups excluding tert-OH is 1. The molecule has 4 aliphatic carbocycles. The Morgan fingerprint density at radius 1 is 0.942 bits per heavy atom. The van der Waals surface area contributed by atoms with Crippen LogP contribution >= 0.6 is 0 Å². The Labute approximate surface area is 323 Å². The third kappa shape index (κ3) is 9.95. The van der Waals surface area contributed by atoms with E-state index in [2.05, 4.69) is 101 Å². The Bertz CT molecular complexity index is 1310. The van der Waals surface area contributed by atoms with Gasteiger partial charge in [-0.2, -0.15) is 0 Å². The maximum absolute atomic E-state index is 13.6. The molecule has 0 heterocycles. The van der Waals surface area contributed by atoms with E-state index in [-0.39, 0.29) is 39.0 Å². The van der Waals surface area contributed by atoms with E-state index in [0.717, 1.165) is 56.9 Å². The lowest BCUT2D eigenvalue weighted by Gasteiger charge is -2.46. The summed E-state index contributed by atoms with van der Waals surface area (Å²) >= 11 is 0. The molecule has 0 bridgehead atoms. The molecule has 4 aliphatic rings. The van der Waals surface area contributed by atoms with Gasteiger partial charge in [-0.25, -0.2) is 0 Å². The molecule has 52 heavy (non-hydrogen) atoms. The first kappa shape index (κ1) is 43.9. The van der Waals surface area contributed by atoms with Crippen LogP contribution in [-0.2, 0) is 13.6 Å². The molecule has 0 aromatic heterocycles. The molecule has 4 fully saturated rings. The fraction of sp³-hybridized carbons (Fsp3) is 0.848. The van der Waals surface area contributed by atoms with E-state index < -0.39 is 22.7 Å². The van der Waals surface area contributed by atoms with Crippen molar-refractivity contribution in [3.63, 3.8) is 0 Å². The van der Waals surface area contributed by atoms with Crippen molar-refractivity contribution in [1.29, 1.82) is 0 Å². The van der Waals surface area contributed by atoms with Crippen molar-refractivity contribution >= 4 is 22.4 Å². The Hall–Kier alpha value is -0.796. The number of rotatable bonds is 16. The zero-order valence-electron chi connectivity index (χ0n) is 36.3. The lowest BCUT2D eigenvalue weighted by Crippen LogP contribution is -2.49. The minimum absolute atomic E-state index is 0.0116. The summed E-state index contributed by atoms with van der Waals surface area (Å²) in [6.45, 7) is 35.1. The highest BCUT2D eigenvalue weighted by molar-refractivity contribution is 6.74. The SMILES string of the molecule is C=C1C(=CC=C2CCC[C@]3(C)[C@@H]([C@H](C)C(O)CC(=O)C4(CCCCCCC)CC4)CC[C@@H]23)C[C@@H](O[Si](C)(C)C(C)(C)C)C[C@@H]1O[Si](C)(C)C(C)(C)C. The van der Waals surface area contributed by atoms with Crippen molar-refractivity contribution in [2.75, 3.05) is 0 Å². The number of allylic oxidation sites excluding steroid dienone is 3. The van der Waals surface area contributed by atoms with Crippen LogP contribution in [0.2, 0.25) is 36.3 Å². The number of Topliss-reactive ketones (excluding diaryl/α,β-unsaturated/α-hetero) is 1. The second kappa shape index (κ2) is 16.7. The number of hydrogen-bond donors (Lipinski definition) is 1. The van der Waals surface area contributed by atoms with Gasteiger partial charge in [-0.3, -0.25) is 4.79 Å². The number of hydrogen-bond acceptors (Lipinski definition) is 4. The Morgan fingerprint density at radius 3 is 2.15 bits per heavy atom. The molecule has 0 aliphatic heterocycles. The van der Waals surface area contributed by atoms with Gasteiger partial charge in [-0.1, -0.05) is 119 Å². The Balaban J connectivity index is 1.49. The van der Waals surface area contributed by atoms with Gasteiger partial charge < -0.3 is 14.0 Å². The molecule has 7 atom stereocenters. The fourth-order valence-corrected chi connectivity index (χ4v) is 12.3. The first-order valence-corrected chi connectivity index (χ1v) is 27.5. The summed E-state index contributed by atoms with van der Waals surface area (Å²) in [5, 5.41) is 11.9. The van der Waals surface area contributed by atoms with Crippen LogP contribution in [0.4, 0.5) is 0 Å². The number of carbonyl (C=O) groups excluding carboxylic acids is 1. The molecule has 0 aromatic rings. The highest BCUT2D eigenvalue weighted by Crippen LogP contribution is 2.60. The maximum atomic E-state index is 13.6. The first-order chi connectivity index (χ1) is 24.0. The third-order valence-corrected chi connectivity index (χ3v) is 24.6. The second-order valence-electron chi connectivity index (χ2n) is 21.4. The summed E-state index contributed by atoms with van der Waals surface area (Å²) in [6, 6.07) is 0. The highest BCUT2D eigenvalue weighted by atomic mass is 28.4. The van der Waals surface area contributed by atoms with Gasteiger partial charge in [0.2, 0.25) is 0 Å². The van der Waals surface area contributed by atoms with Crippen LogP contribution in [0.3, 0.4) is 0 Å². The summed E-state index contributed by atoms with van der Waals surface area (Å²) in [5.74, 6) is 1.45. The fourth-order valence-electron chi connectivity index (χ4n) is 9.65. The summed E-state index contributed by atoms with van der Waals surface area (Å²) in [5.41, 5.74) is 4.07. The monoisotopic (exact) mass is 755 g/mol. The van der Waals surface area contributed by atoms with Crippen molar-refractivity contribution < 1.29 is 18.8 Å². The van der Waals surface area contributed by atoms with Crippen LogP contribution in [-0.4, -0.2) is 45.8 Å². The Morgan fingerprint density at radius 2 is 1.56 bits per heavy atom.